The summed E-state index contributed by atoms with van der Waals surface area (Å²) in [4.78, 5) is 0. The van der Waals surface area contributed by atoms with Crippen molar-refractivity contribution in [2.75, 3.05) is 11.9 Å². The van der Waals surface area contributed by atoms with Crippen LogP contribution in [0.15, 0.2) is 42.5 Å². The Morgan fingerprint density at radius 3 is 2.17 bits per heavy atom. The molecule has 0 radical (unpaired) electrons. The third kappa shape index (κ3) is 4.71. The second-order valence-corrected chi connectivity index (χ2v) is 5.92. The van der Waals surface area contributed by atoms with Crippen LogP contribution in [0.3, 0.4) is 0 Å². The Kier molecular flexibility index (Phi) is 7.07. The summed E-state index contributed by atoms with van der Waals surface area (Å²) in [5, 5.41) is 7.31. The van der Waals surface area contributed by atoms with E-state index in [9.17, 15) is 0 Å². The smallest absolute Gasteiger partial charge is 0.171 e. The Hall–Kier alpha value is -2.07. The van der Waals surface area contributed by atoms with Crippen LogP contribution in [0.1, 0.15) is 37.5 Å². The molecule has 2 N–H and O–H groups in total. The average molecular weight is 343 g/mol. The van der Waals surface area contributed by atoms with Gasteiger partial charge in [-0.15, -0.1) is 0 Å². The van der Waals surface area contributed by atoms with Crippen molar-refractivity contribution in [2.24, 2.45) is 0 Å². The van der Waals surface area contributed by atoms with E-state index < -0.39 is 0 Å². The maximum absolute atomic E-state index is 5.66. The number of benzene rings is 2. The first-order chi connectivity index (χ1) is 11.7. The van der Waals surface area contributed by atoms with E-state index in [0.717, 1.165) is 29.8 Å². The van der Waals surface area contributed by atoms with Gasteiger partial charge >= 0.3 is 0 Å². The average Bonchev–Trinajstić information content (AvgIpc) is 2.61. The van der Waals surface area contributed by atoms with E-state index in [1.807, 2.05) is 25.1 Å². The molecular formula is C20H26N2OS. The van der Waals surface area contributed by atoms with Crippen LogP contribution in [0.5, 0.6) is 5.75 Å². The fraction of sp³-hybridized carbons (Fsp3) is 0.350. The minimum Gasteiger partial charge on any atom is -0.494 e. The van der Waals surface area contributed by atoms with Crippen LogP contribution in [0.4, 0.5) is 5.69 Å². The molecule has 2 aromatic rings. The lowest BCUT2D eigenvalue weighted by Crippen LogP contribution is -2.29. The highest BCUT2D eigenvalue weighted by Gasteiger charge is 2.08. The molecule has 0 saturated heterocycles. The third-order valence-electron chi connectivity index (χ3n) is 3.95. The van der Waals surface area contributed by atoms with Crippen molar-refractivity contribution in [1.82, 2.24) is 5.32 Å². The Morgan fingerprint density at radius 2 is 1.54 bits per heavy atom. The predicted octanol–water partition coefficient (Wildman–Crippen LogP) is 4.70. The number of nitrogens with one attached hydrogen (secondary N) is 2. The summed E-state index contributed by atoms with van der Waals surface area (Å²) in [5.41, 5.74) is 4.81. The van der Waals surface area contributed by atoms with Crippen LogP contribution >= 0.6 is 12.2 Å². The van der Waals surface area contributed by atoms with Gasteiger partial charge in [-0.1, -0.05) is 50.2 Å². The maximum Gasteiger partial charge on any atom is 0.171 e. The predicted molar refractivity (Wildman–Crippen MR) is 106 cm³/mol. The van der Waals surface area contributed by atoms with Crippen molar-refractivity contribution in [3.63, 3.8) is 0 Å². The van der Waals surface area contributed by atoms with E-state index in [1.165, 1.54) is 11.1 Å². The van der Waals surface area contributed by atoms with Gasteiger partial charge in [0.1, 0.15) is 5.75 Å². The molecule has 0 bridgehead atoms. The van der Waals surface area contributed by atoms with Crippen molar-refractivity contribution in [3.8, 4) is 5.75 Å². The first kappa shape index (κ1) is 18.3. The number of thiocarbonyl (C=S) groups is 1. The highest BCUT2D eigenvalue weighted by atomic mass is 32.1. The number of hydrogen-bond acceptors (Lipinski definition) is 2. The van der Waals surface area contributed by atoms with E-state index in [4.69, 9.17) is 17.0 Å². The summed E-state index contributed by atoms with van der Waals surface area (Å²) < 4.78 is 5.66. The van der Waals surface area contributed by atoms with Crippen LogP contribution in [-0.4, -0.2) is 11.7 Å². The molecule has 2 aromatic carbocycles. The van der Waals surface area contributed by atoms with E-state index in [2.05, 4.69) is 48.7 Å². The van der Waals surface area contributed by atoms with E-state index in [1.54, 1.807) is 0 Å². The molecule has 0 aliphatic rings. The minimum absolute atomic E-state index is 0.636. The van der Waals surface area contributed by atoms with Gasteiger partial charge in [-0.2, -0.15) is 0 Å². The van der Waals surface area contributed by atoms with Gasteiger partial charge in [-0.05, 0) is 49.2 Å². The Bertz CT molecular complexity index is 663. The van der Waals surface area contributed by atoms with Gasteiger partial charge in [-0.25, -0.2) is 0 Å². The first-order valence-electron chi connectivity index (χ1n) is 8.55. The summed E-state index contributed by atoms with van der Waals surface area (Å²) in [6.45, 7) is 7.61. The van der Waals surface area contributed by atoms with Crippen molar-refractivity contribution in [1.29, 1.82) is 0 Å². The largest absolute Gasteiger partial charge is 0.494 e. The minimum atomic E-state index is 0.636. The van der Waals surface area contributed by atoms with E-state index >= 15 is 0 Å². The highest BCUT2D eigenvalue weighted by molar-refractivity contribution is 7.80. The molecule has 0 spiro atoms. The lowest BCUT2D eigenvalue weighted by Gasteiger charge is -2.17. The molecule has 0 amide bonds. The SMILES string of the molecule is CCOc1ccccc1CNC(=S)Nc1c(CC)cccc1CC. The van der Waals surface area contributed by atoms with E-state index in [0.29, 0.717) is 18.3 Å². The molecule has 0 atom stereocenters. The second kappa shape index (κ2) is 9.28. The topological polar surface area (TPSA) is 33.3 Å². The summed E-state index contributed by atoms with van der Waals surface area (Å²) in [7, 11) is 0. The molecule has 0 aliphatic heterocycles. The van der Waals surface area contributed by atoms with Crippen LogP contribution < -0.4 is 15.4 Å². The lowest BCUT2D eigenvalue weighted by molar-refractivity contribution is 0.336. The van der Waals surface area contributed by atoms with Gasteiger partial charge in [0.05, 0.1) is 6.61 Å². The number of hydrogen-bond donors (Lipinski definition) is 2. The molecule has 4 heteroatoms. The van der Waals surface area contributed by atoms with Gasteiger partial charge in [-0.3, -0.25) is 0 Å². The number of ether oxygens (including phenoxy) is 1. The van der Waals surface area contributed by atoms with Gasteiger partial charge in [0.15, 0.2) is 5.11 Å². The summed E-state index contributed by atoms with van der Waals surface area (Å²) in [6.07, 6.45) is 1.96. The number of anilines is 1. The monoisotopic (exact) mass is 342 g/mol. The summed E-state index contributed by atoms with van der Waals surface area (Å²) in [5.74, 6) is 0.901. The van der Waals surface area contributed by atoms with Crippen LogP contribution in [-0.2, 0) is 19.4 Å². The molecule has 3 nitrogen and oxygen atoms in total. The molecule has 0 saturated carbocycles. The fourth-order valence-corrected chi connectivity index (χ4v) is 2.86. The van der Waals surface area contributed by atoms with Crippen molar-refractivity contribution < 1.29 is 4.74 Å². The zero-order valence-corrected chi connectivity index (χ0v) is 15.5. The number of aryl methyl sites for hydroxylation is 2. The van der Waals surface area contributed by atoms with Crippen molar-refractivity contribution >= 4 is 23.0 Å². The highest BCUT2D eigenvalue weighted by Crippen LogP contribution is 2.23. The summed E-state index contributed by atoms with van der Waals surface area (Å²) in [6, 6.07) is 14.4. The van der Waals surface area contributed by atoms with Crippen LogP contribution in [0, 0.1) is 0 Å². The third-order valence-corrected chi connectivity index (χ3v) is 4.20. The lowest BCUT2D eigenvalue weighted by atomic mass is 10.0. The zero-order chi connectivity index (χ0) is 17.4. The van der Waals surface area contributed by atoms with Gasteiger partial charge in [0.25, 0.3) is 0 Å². The molecule has 0 aromatic heterocycles. The van der Waals surface area contributed by atoms with Crippen molar-refractivity contribution in [3.05, 3.63) is 59.2 Å². The summed E-state index contributed by atoms with van der Waals surface area (Å²) >= 11 is 5.50. The van der Waals surface area contributed by atoms with Crippen LogP contribution in [0.25, 0.3) is 0 Å². The molecule has 0 heterocycles. The molecule has 24 heavy (non-hydrogen) atoms. The molecule has 0 unspecified atom stereocenters. The molecule has 128 valence electrons. The fourth-order valence-electron chi connectivity index (χ4n) is 2.68. The normalized spacial score (nSPS) is 10.3. The quantitative estimate of drug-likeness (QED) is 0.715. The van der Waals surface area contributed by atoms with Gasteiger partial charge in [0.2, 0.25) is 0 Å². The second-order valence-electron chi connectivity index (χ2n) is 5.51. The number of para-hydroxylation sites is 2. The Balaban J connectivity index is 2.05. The zero-order valence-electron chi connectivity index (χ0n) is 14.7. The van der Waals surface area contributed by atoms with E-state index in [-0.39, 0.29) is 0 Å². The van der Waals surface area contributed by atoms with Gasteiger partial charge in [0, 0.05) is 17.8 Å². The molecule has 0 fully saturated rings. The number of rotatable bonds is 7. The standard InChI is InChI=1S/C20H26N2OS/c1-4-15-11-9-12-16(5-2)19(15)22-20(24)21-14-17-10-7-8-13-18(17)23-6-3/h7-13H,4-6,14H2,1-3H3,(H2,21,22,24). The maximum atomic E-state index is 5.66. The Morgan fingerprint density at radius 1 is 0.917 bits per heavy atom. The van der Waals surface area contributed by atoms with Crippen LogP contribution in [0.2, 0.25) is 0 Å². The van der Waals surface area contributed by atoms with Crippen molar-refractivity contribution in [2.45, 2.75) is 40.2 Å². The molecule has 0 aliphatic carbocycles. The molecular weight excluding hydrogens is 316 g/mol. The molecule has 2 rings (SSSR count). The van der Waals surface area contributed by atoms with Gasteiger partial charge < -0.3 is 15.4 Å². The first-order valence-corrected chi connectivity index (χ1v) is 8.96. The Labute approximate surface area is 150 Å².